The molecule has 0 N–H and O–H groups in total. The third-order valence-corrected chi connectivity index (χ3v) is 4.69. The molecule has 1 atom stereocenters. The van der Waals surface area contributed by atoms with Crippen LogP contribution in [0.15, 0.2) is 29.4 Å². The van der Waals surface area contributed by atoms with Gasteiger partial charge >= 0.3 is 0 Å². The van der Waals surface area contributed by atoms with Gasteiger partial charge in [-0.1, -0.05) is 28.9 Å². The number of hydrogen-bond acceptors (Lipinski definition) is 3. The SMILES string of the molecule is CN(C)C(c1ccc(Cl)cc1)C1CCC(CN=O)CC1. The summed E-state index contributed by atoms with van der Waals surface area (Å²) in [7, 11) is 4.27. The molecule has 110 valence electrons. The van der Waals surface area contributed by atoms with Crippen LogP contribution in [0.1, 0.15) is 37.3 Å². The summed E-state index contributed by atoms with van der Waals surface area (Å²) in [5.74, 6) is 1.14. The van der Waals surface area contributed by atoms with Crippen molar-refractivity contribution in [2.75, 3.05) is 20.6 Å². The first-order valence-corrected chi connectivity index (χ1v) is 7.70. The van der Waals surface area contributed by atoms with Gasteiger partial charge < -0.3 is 4.90 Å². The molecule has 3 nitrogen and oxygen atoms in total. The Balaban J connectivity index is 2.06. The lowest BCUT2D eigenvalue weighted by Crippen LogP contribution is -2.30. The molecule has 2 rings (SSSR count). The number of halogens is 1. The molecule has 1 aromatic carbocycles. The molecule has 0 aromatic heterocycles. The van der Waals surface area contributed by atoms with Crippen molar-refractivity contribution >= 4 is 11.6 Å². The largest absolute Gasteiger partial charge is 0.302 e. The van der Waals surface area contributed by atoms with Crippen molar-refractivity contribution in [3.8, 4) is 0 Å². The number of rotatable bonds is 5. The molecular formula is C16H23ClN2O. The van der Waals surface area contributed by atoms with Gasteiger partial charge in [0, 0.05) is 11.1 Å². The summed E-state index contributed by atoms with van der Waals surface area (Å²) in [6, 6.07) is 8.63. The monoisotopic (exact) mass is 294 g/mol. The highest BCUT2D eigenvalue weighted by atomic mass is 35.5. The van der Waals surface area contributed by atoms with Gasteiger partial charge in [0.1, 0.15) is 0 Å². The van der Waals surface area contributed by atoms with Gasteiger partial charge in [-0.2, -0.15) is 4.91 Å². The van der Waals surface area contributed by atoms with E-state index in [2.05, 4.69) is 36.3 Å². The first kappa shape index (κ1) is 15.5. The summed E-state index contributed by atoms with van der Waals surface area (Å²) in [5, 5.41) is 3.84. The first-order valence-electron chi connectivity index (χ1n) is 7.33. The lowest BCUT2D eigenvalue weighted by molar-refractivity contribution is 0.151. The summed E-state index contributed by atoms with van der Waals surface area (Å²) in [6.45, 7) is 0.486. The molecule has 1 aliphatic rings. The second-order valence-corrected chi connectivity index (χ2v) is 6.49. The highest BCUT2D eigenvalue weighted by Crippen LogP contribution is 2.39. The Kier molecular flexibility index (Phi) is 5.55. The second-order valence-electron chi connectivity index (χ2n) is 6.05. The fourth-order valence-corrected chi connectivity index (χ4v) is 3.57. The van der Waals surface area contributed by atoms with Gasteiger partial charge in [-0.05, 0) is 69.3 Å². The van der Waals surface area contributed by atoms with E-state index in [9.17, 15) is 4.91 Å². The smallest absolute Gasteiger partial charge is 0.0839 e. The minimum atomic E-state index is 0.428. The van der Waals surface area contributed by atoms with Crippen molar-refractivity contribution in [1.29, 1.82) is 0 Å². The Hall–Kier alpha value is -0.930. The molecule has 1 unspecified atom stereocenters. The highest BCUT2D eigenvalue weighted by Gasteiger charge is 2.29. The average Bonchev–Trinajstić information content (AvgIpc) is 2.43. The Morgan fingerprint density at radius 2 is 1.80 bits per heavy atom. The van der Waals surface area contributed by atoms with Crippen molar-refractivity contribution < 1.29 is 0 Å². The Labute approximate surface area is 126 Å². The maximum atomic E-state index is 10.4. The maximum Gasteiger partial charge on any atom is 0.0839 e. The zero-order valence-corrected chi connectivity index (χ0v) is 13.0. The van der Waals surface area contributed by atoms with E-state index in [4.69, 9.17) is 11.6 Å². The quantitative estimate of drug-likeness (QED) is 0.748. The number of hydrogen-bond donors (Lipinski definition) is 0. The van der Waals surface area contributed by atoms with Crippen molar-refractivity contribution in [3.63, 3.8) is 0 Å². The molecule has 0 radical (unpaired) electrons. The summed E-state index contributed by atoms with van der Waals surface area (Å²) < 4.78 is 0. The third-order valence-electron chi connectivity index (χ3n) is 4.44. The van der Waals surface area contributed by atoms with E-state index in [1.165, 1.54) is 18.4 Å². The van der Waals surface area contributed by atoms with Crippen LogP contribution in [0.4, 0.5) is 0 Å². The fourth-order valence-electron chi connectivity index (χ4n) is 3.44. The van der Waals surface area contributed by atoms with Crippen LogP contribution in [0.5, 0.6) is 0 Å². The second kappa shape index (κ2) is 7.19. The van der Waals surface area contributed by atoms with Crippen LogP contribution in [0.25, 0.3) is 0 Å². The van der Waals surface area contributed by atoms with E-state index in [1.54, 1.807) is 0 Å². The van der Waals surface area contributed by atoms with Gasteiger partial charge in [0.15, 0.2) is 0 Å². The van der Waals surface area contributed by atoms with Crippen LogP contribution in [0, 0.1) is 16.7 Å². The summed E-state index contributed by atoms with van der Waals surface area (Å²) in [5.41, 5.74) is 1.33. The molecule has 1 aromatic rings. The van der Waals surface area contributed by atoms with Crippen molar-refractivity contribution in [2.45, 2.75) is 31.7 Å². The Morgan fingerprint density at radius 3 is 2.30 bits per heavy atom. The lowest BCUT2D eigenvalue weighted by Gasteiger charge is -2.37. The summed E-state index contributed by atoms with van der Waals surface area (Å²) >= 11 is 5.98. The van der Waals surface area contributed by atoms with Gasteiger partial charge in [0.25, 0.3) is 0 Å². The van der Waals surface area contributed by atoms with Crippen LogP contribution in [-0.2, 0) is 0 Å². The van der Waals surface area contributed by atoms with Gasteiger partial charge in [-0.25, -0.2) is 0 Å². The predicted molar refractivity (Wildman–Crippen MR) is 84.0 cm³/mol. The van der Waals surface area contributed by atoms with Gasteiger partial charge in [0.05, 0.1) is 6.54 Å². The zero-order chi connectivity index (χ0) is 14.5. The van der Waals surface area contributed by atoms with Crippen molar-refractivity contribution in [2.24, 2.45) is 17.0 Å². The van der Waals surface area contributed by atoms with Crippen molar-refractivity contribution in [3.05, 3.63) is 39.8 Å². The van der Waals surface area contributed by atoms with E-state index in [0.29, 0.717) is 24.4 Å². The lowest BCUT2D eigenvalue weighted by atomic mass is 9.76. The van der Waals surface area contributed by atoms with E-state index >= 15 is 0 Å². The summed E-state index contributed by atoms with van der Waals surface area (Å²) in [6.07, 6.45) is 4.58. The van der Waals surface area contributed by atoms with Crippen LogP contribution >= 0.6 is 11.6 Å². The maximum absolute atomic E-state index is 10.4. The summed E-state index contributed by atoms with van der Waals surface area (Å²) in [4.78, 5) is 12.7. The van der Waals surface area contributed by atoms with E-state index in [-0.39, 0.29) is 0 Å². The predicted octanol–water partition coefficient (Wildman–Crippen LogP) is 4.52. The topological polar surface area (TPSA) is 32.7 Å². The fraction of sp³-hybridized carbons (Fsp3) is 0.625. The minimum absolute atomic E-state index is 0.428. The molecule has 1 fully saturated rings. The van der Waals surface area contributed by atoms with Gasteiger partial charge in [-0.3, -0.25) is 0 Å². The number of benzene rings is 1. The molecule has 20 heavy (non-hydrogen) atoms. The molecule has 0 saturated heterocycles. The van der Waals surface area contributed by atoms with E-state index in [0.717, 1.165) is 17.9 Å². The molecule has 0 spiro atoms. The van der Waals surface area contributed by atoms with E-state index < -0.39 is 0 Å². The van der Waals surface area contributed by atoms with Crippen LogP contribution < -0.4 is 0 Å². The van der Waals surface area contributed by atoms with Gasteiger partial charge in [0.2, 0.25) is 0 Å². The molecule has 1 saturated carbocycles. The molecule has 0 aliphatic heterocycles. The van der Waals surface area contributed by atoms with Gasteiger partial charge in [-0.15, -0.1) is 0 Å². The average molecular weight is 295 g/mol. The van der Waals surface area contributed by atoms with Crippen LogP contribution in [0.3, 0.4) is 0 Å². The standard InChI is InChI=1S/C16H23ClN2O/c1-19(2)16(14-7-9-15(17)10-8-14)13-5-3-12(4-6-13)11-18-20/h7-10,12-13,16H,3-6,11H2,1-2H3. The van der Waals surface area contributed by atoms with Crippen LogP contribution in [-0.4, -0.2) is 25.5 Å². The zero-order valence-electron chi connectivity index (χ0n) is 12.3. The molecule has 0 heterocycles. The normalized spacial score (nSPS) is 24.6. The highest BCUT2D eigenvalue weighted by molar-refractivity contribution is 6.30. The minimum Gasteiger partial charge on any atom is -0.302 e. The molecule has 4 heteroatoms. The molecule has 0 amide bonds. The molecule has 0 bridgehead atoms. The molecular weight excluding hydrogens is 272 g/mol. The van der Waals surface area contributed by atoms with Crippen molar-refractivity contribution in [1.82, 2.24) is 4.90 Å². The number of nitrogens with zero attached hydrogens (tertiary/aromatic N) is 2. The first-order chi connectivity index (χ1) is 9.61. The Bertz CT molecular complexity index is 425. The van der Waals surface area contributed by atoms with E-state index in [1.807, 2.05) is 12.1 Å². The Morgan fingerprint density at radius 1 is 1.20 bits per heavy atom. The number of nitroso groups, excluding NO2 is 1. The van der Waals surface area contributed by atoms with Crippen LogP contribution in [0.2, 0.25) is 5.02 Å². The third kappa shape index (κ3) is 3.80. The molecule has 1 aliphatic carbocycles.